The largest absolute Gasteiger partial charge is 0.493 e. The average molecular weight is 366 g/mol. The van der Waals surface area contributed by atoms with Crippen molar-refractivity contribution in [3.05, 3.63) is 66.1 Å². The molecule has 0 radical (unpaired) electrons. The van der Waals surface area contributed by atoms with Crippen LogP contribution in [0.15, 0.2) is 60.0 Å². The molecule has 8 heteroatoms. The van der Waals surface area contributed by atoms with Crippen LogP contribution in [0.3, 0.4) is 0 Å². The summed E-state index contributed by atoms with van der Waals surface area (Å²) >= 11 is 0. The van der Waals surface area contributed by atoms with Gasteiger partial charge in [-0.2, -0.15) is 5.10 Å². The van der Waals surface area contributed by atoms with Gasteiger partial charge in [0.15, 0.2) is 23.3 Å². The molecule has 2 heterocycles. The summed E-state index contributed by atoms with van der Waals surface area (Å²) in [6.07, 6.45) is 5.30. The van der Waals surface area contributed by atoms with Crippen molar-refractivity contribution in [2.75, 3.05) is 14.2 Å². The van der Waals surface area contributed by atoms with E-state index in [4.69, 9.17) is 15.2 Å². The zero-order valence-electron chi connectivity index (χ0n) is 15.3. The normalized spacial score (nSPS) is 11.3. The summed E-state index contributed by atoms with van der Waals surface area (Å²) in [6, 6.07) is 11.4. The highest BCUT2D eigenvalue weighted by molar-refractivity contribution is 5.77. The van der Waals surface area contributed by atoms with Gasteiger partial charge in [0.2, 0.25) is 0 Å². The van der Waals surface area contributed by atoms with E-state index in [1.54, 1.807) is 31.3 Å². The highest BCUT2D eigenvalue weighted by atomic mass is 16.5. The molecule has 0 amide bonds. The summed E-state index contributed by atoms with van der Waals surface area (Å²) in [5, 5.41) is 7.29. The number of nitrogens with zero attached hydrogens (tertiary/aromatic N) is 4. The van der Waals surface area contributed by atoms with Crippen LogP contribution in [-0.4, -0.2) is 34.9 Å². The minimum Gasteiger partial charge on any atom is -0.493 e. The Bertz CT molecular complexity index is 908. The topological polar surface area (TPSA) is 99.6 Å². The molecule has 0 bridgehead atoms. The van der Waals surface area contributed by atoms with Crippen LogP contribution in [0.5, 0.6) is 11.5 Å². The Morgan fingerprint density at radius 2 is 1.96 bits per heavy atom. The first-order valence-electron chi connectivity index (χ1n) is 8.39. The number of aromatic nitrogens is 3. The maximum atomic E-state index is 5.98. The molecule has 0 aliphatic heterocycles. The number of aliphatic imine (C=N–C) groups is 1. The van der Waals surface area contributed by atoms with Crippen LogP contribution >= 0.6 is 0 Å². The third-order valence-corrected chi connectivity index (χ3v) is 3.90. The summed E-state index contributed by atoms with van der Waals surface area (Å²) in [5.74, 6) is 2.46. The third-order valence-electron chi connectivity index (χ3n) is 3.90. The molecule has 3 aromatic rings. The first kappa shape index (κ1) is 18.2. The number of methoxy groups -OCH3 is 2. The van der Waals surface area contributed by atoms with Crippen molar-refractivity contribution in [3.63, 3.8) is 0 Å². The fourth-order valence-corrected chi connectivity index (χ4v) is 2.50. The van der Waals surface area contributed by atoms with Crippen LogP contribution in [0, 0.1) is 0 Å². The first-order valence-corrected chi connectivity index (χ1v) is 8.39. The van der Waals surface area contributed by atoms with Gasteiger partial charge in [-0.15, -0.1) is 0 Å². The minimum atomic E-state index is 0.363. The summed E-state index contributed by atoms with van der Waals surface area (Å²) in [7, 11) is 3.21. The standard InChI is InChI=1S/C19H22N6O2/c1-26-16-5-4-14(10-17(16)27-2)12-22-19(20)23-13-15-6-8-21-18(11-15)25-9-3-7-24-25/h3-11H,12-13H2,1-2H3,(H3,20,22,23). The molecule has 0 spiro atoms. The number of hydrogen-bond donors (Lipinski definition) is 2. The van der Waals surface area contributed by atoms with E-state index in [0.717, 1.165) is 16.9 Å². The lowest BCUT2D eigenvalue weighted by Gasteiger charge is -2.09. The molecule has 0 aliphatic carbocycles. The van der Waals surface area contributed by atoms with Crippen LogP contribution < -0.4 is 20.5 Å². The molecule has 0 fully saturated rings. The summed E-state index contributed by atoms with van der Waals surface area (Å²) in [6.45, 7) is 0.978. The number of guanidine groups is 1. The van der Waals surface area contributed by atoms with Gasteiger partial charge in [-0.1, -0.05) is 6.07 Å². The van der Waals surface area contributed by atoms with Gasteiger partial charge in [0.05, 0.1) is 20.8 Å². The quantitative estimate of drug-likeness (QED) is 0.489. The van der Waals surface area contributed by atoms with Gasteiger partial charge < -0.3 is 20.5 Å². The number of ether oxygens (including phenoxy) is 2. The van der Waals surface area contributed by atoms with E-state index < -0.39 is 0 Å². The molecule has 0 atom stereocenters. The molecule has 8 nitrogen and oxygen atoms in total. The van der Waals surface area contributed by atoms with E-state index >= 15 is 0 Å². The van der Waals surface area contributed by atoms with Crippen molar-refractivity contribution >= 4 is 5.96 Å². The van der Waals surface area contributed by atoms with E-state index in [0.29, 0.717) is 30.5 Å². The monoisotopic (exact) mass is 366 g/mol. The third kappa shape index (κ3) is 4.75. The number of nitrogens with two attached hydrogens (primary N) is 1. The van der Waals surface area contributed by atoms with Crippen molar-refractivity contribution in [2.45, 2.75) is 13.1 Å². The van der Waals surface area contributed by atoms with Gasteiger partial charge in [-0.3, -0.25) is 0 Å². The SMILES string of the molecule is COc1ccc(CN=C(N)NCc2ccnc(-n3cccn3)c2)cc1OC. The Hall–Kier alpha value is -3.55. The molecule has 140 valence electrons. The second-order valence-electron chi connectivity index (χ2n) is 5.72. The number of nitrogens with one attached hydrogen (secondary N) is 1. The maximum Gasteiger partial charge on any atom is 0.189 e. The lowest BCUT2D eigenvalue weighted by atomic mass is 10.2. The summed E-state index contributed by atoms with van der Waals surface area (Å²) in [4.78, 5) is 8.67. The Kier molecular flexibility index (Phi) is 5.88. The highest BCUT2D eigenvalue weighted by Gasteiger charge is 2.04. The number of hydrogen-bond acceptors (Lipinski definition) is 5. The van der Waals surface area contributed by atoms with Gasteiger partial charge in [0.1, 0.15) is 0 Å². The Labute approximate surface area is 157 Å². The van der Waals surface area contributed by atoms with Gasteiger partial charge in [0.25, 0.3) is 0 Å². The maximum absolute atomic E-state index is 5.98. The van der Waals surface area contributed by atoms with Gasteiger partial charge in [0, 0.05) is 25.1 Å². The first-order chi connectivity index (χ1) is 13.2. The molecule has 0 aliphatic rings. The Balaban J connectivity index is 1.59. The van der Waals surface area contributed by atoms with Crippen LogP contribution in [0.1, 0.15) is 11.1 Å². The van der Waals surface area contributed by atoms with Crippen molar-refractivity contribution < 1.29 is 9.47 Å². The molecule has 0 unspecified atom stereocenters. The number of benzene rings is 1. The van der Waals surface area contributed by atoms with E-state index in [9.17, 15) is 0 Å². The molecule has 0 saturated heterocycles. The molecule has 1 aromatic carbocycles. The Morgan fingerprint density at radius 3 is 2.70 bits per heavy atom. The second-order valence-corrected chi connectivity index (χ2v) is 5.72. The molecule has 0 saturated carbocycles. The predicted octanol–water partition coefficient (Wildman–Crippen LogP) is 1.89. The average Bonchev–Trinajstić information content (AvgIpc) is 3.25. The van der Waals surface area contributed by atoms with E-state index in [1.165, 1.54) is 0 Å². The van der Waals surface area contributed by atoms with Gasteiger partial charge >= 0.3 is 0 Å². The fraction of sp³-hybridized carbons (Fsp3) is 0.211. The van der Waals surface area contributed by atoms with Crippen LogP contribution in [-0.2, 0) is 13.1 Å². The van der Waals surface area contributed by atoms with E-state index in [-0.39, 0.29) is 0 Å². The fourth-order valence-electron chi connectivity index (χ4n) is 2.50. The molecule has 3 N–H and O–H groups in total. The zero-order chi connectivity index (χ0) is 19.1. The van der Waals surface area contributed by atoms with Gasteiger partial charge in [-0.05, 0) is 41.5 Å². The van der Waals surface area contributed by atoms with Crippen LogP contribution in [0.2, 0.25) is 0 Å². The minimum absolute atomic E-state index is 0.363. The number of pyridine rings is 1. The molecule has 27 heavy (non-hydrogen) atoms. The molecular formula is C19H22N6O2. The summed E-state index contributed by atoms with van der Waals surface area (Å²) < 4.78 is 12.2. The second kappa shape index (κ2) is 8.70. The number of rotatable bonds is 7. The van der Waals surface area contributed by atoms with Crippen LogP contribution in [0.4, 0.5) is 0 Å². The smallest absolute Gasteiger partial charge is 0.189 e. The van der Waals surface area contributed by atoms with Crippen molar-refractivity contribution in [1.29, 1.82) is 0 Å². The van der Waals surface area contributed by atoms with Crippen molar-refractivity contribution in [2.24, 2.45) is 10.7 Å². The van der Waals surface area contributed by atoms with E-state index in [2.05, 4.69) is 20.4 Å². The highest BCUT2D eigenvalue weighted by Crippen LogP contribution is 2.27. The molecular weight excluding hydrogens is 344 g/mol. The zero-order valence-corrected chi connectivity index (χ0v) is 15.3. The summed E-state index contributed by atoms with van der Waals surface area (Å²) in [5.41, 5.74) is 7.98. The van der Waals surface area contributed by atoms with Gasteiger partial charge in [-0.25, -0.2) is 14.7 Å². The lowest BCUT2D eigenvalue weighted by molar-refractivity contribution is 0.354. The van der Waals surface area contributed by atoms with Crippen molar-refractivity contribution in [1.82, 2.24) is 20.1 Å². The lowest BCUT2D eigenvalue weighted by Crippen LogP contribution is -2.31. The van der Waals surface area contributed by atoms with E-state index in [1.807, 2.05) is 42.6 Å². The predicted molar refractivity (Wildman–Crippen MR) is 103 cm³/mol. The van der Waals surface area contributed by atoms with Crippen molar-refractivity contribution in [3.8, 4) is 17.3 Å². The van der Waals surface area contributed by atoms with Crippen LogP contribution in [0.25, 0.3) is 5.82 Å². The molecule has 2 aromatic heterocycles. The Morgan fingerprint density at radius 1 is 1.11 bits per heavy atom. The molecule has 3 rings (SSSR count).